The van der Waals surface area contributed by atoms with Gasteiger partial charge in [0.1, 0.15) is 5.82 Å². The van der Waals surface area contributed by atoms with Crippen molar-refractivity contribution in [1.29, 1.82) is 0 Å². The Balaban J connectivity index is 0.00000112. The van der Waals surface area contributed by atoms with Gasteiger partial charge < -0.3 is 5.73 Å². The van der Waals surface area contributed by atoms with Crippen LogP contribution in [0.2, 0.25) is 0 Å². The molecular formula is C10H10ClFN2O. The number of carbonyl (C=O) groups is 1. The van der Waals surface area contributed by atoms with E-state index in [4.69, 9.17) is 5.73 Å². The predicted octanol–water partition coefficient (Wildman–Crippen LogP) is 1.80. The van der Waals surface area contributed by atoms with Gasteiger partial charge in [0.15, 0.2) is 0 Å². The molecule has 80 valence electrons. The smallest absolute Gasteiger partial charge is 0.244 e. The number of benzene rings is 1. The third-order valence-electron chi connectivity index (χ3n) is 2.12. The van der Waals surface area contributed by atoms with Crippen molar-refractivity contribution in [3.63, 3.8) is 0 Å². The molecule has 0 unspecified atom stereocenters. The lowest BCUT2D eigenvalue weighted by Crippen LogP contribution is -2.19. The summed E-state index contributed by atoms with van der Waals surface area (Å²) in [6.45, 7) is -0.0830. The van der Waals surface area contributed by atoms with Gasteiger partial charge in [-0.25, -0.2) is 4.39 Å². The lowest BCUT2D eigenvalue weighted by atomic mass is 10.2. The monoisotopic (exact) mass is 228 g/mol. The zero-order valence-electron chi connectivity index (χ0n) is 7.81. The van der Waals surface area contributed by atoms with Crippen LogP contribution in [-0.2, 0) is 0 Å². The molecule has 2 N–H and O–H groups in total. The Labute approximate surface area is 92.1 Å². The number of halogens is 2. The largest absolute Gasteiger partial charge is 0.322 e. The average Bonchev–Trinajstić information content (AvgIpc) is 2.62. The highest BCUT2D eigenvalue weighted by molar-refractivity contribution is 5.93. The SMILES string of the molecule is Cl.NCC(=O)n1ccc2c(F)cccc21. The zero-order chi connectivity index (χ0) is 10.1. The van der Waals surface area contributed by atoms with E-state index in [2.05, 4.69) is 0 Å². The number of carbonyl (C=O) groups excluding carboxylic acids is 1. The molecule has 3 nitrogen and oxygen atoms in total. The minimum absolute atomic E-state index is 0. The molecule has 0 aliphatic heterocycles. The van der Waals surface area contributed by atoms with Crippen molar-refractivity contribution in [2.24, 2.45) is 5.73 Å². The fourth-order valence-electron chi connectivity index (χ4n) is 1.45. The molecule has 0 bridgehead atoms. The molecular weight excluding hydrogens is 219 g/mol. The number of nitrogens with zero attached hydrogens (tertiary/aromatic N) is 1. The van der Waals surface area contributed by atoms with E-state index in [1.165, 1.54) is 16.8 Å². The summed E-state index contributed by atoms with van der Waals surface area (Å²) in [5, 5.41) is 0.439. The maximum absolute atomic E-state index is 13.2. The van der Waals surface area contributed by atoms with Crippen molar-refractivity contribution >= 4 is 29.2 Å². The highest BCUT2D eigenvalue weighted by Gasteiger charge is 2.08. The summed E-state index contributed by atoms with van der Waals surface area (Å²) in [7, 11) is 0. The van der Waals surface area contributed by atoms with Crippen LogP contribution in [0.3, 0.4) is 0 Å². The fraction of sp³-hybridized carbons (Fsp3) is 0.100. The Kier molecular flexibility index (Phi) is 3.44. The molecule has 1 aromatic carbocycles. The van der Waals surface area contributed by atoms with Gasteiger partial charge in [-0.3, -0.25) is 9.36 Å². The third kappa shape index (κ3) is 1.86. The van der Waals surface area contributed by atoms with Crippen LogP contribution >= 0.6 is 12.4 Å². The summed E-state index contributed by atoms with van der Waals surface area (Å²) < 4.78 is 14.6. The molecule has 1 heterocycles. The van der Waals surface area contributed by atoms with Crippen LogP contribution in [0, 0.1) is 5.82 Å². The van der Waals surface area contributed by atoms with Crippen molar-refractivity contribution in [2.45, 2.75) is 0 Å². The van der Waals surface area contributed by atoms with Gasteiger partial charge in [-0.15, -0.1) is 12.4 Å². The highest BCUT2D eigenvalue weighted by atomic mass is 35.5. The van der Waals surface area contributed by atoms with Crippen molar-refractivity contribution in [2.75, 3.05) is 6.54 Å². The first-order valence-electron chi connectivity index (χ1n) is 4.23. The van der Waals surface area contributed by atoms with Gasteiger partial charge in [-0.05, 0) is 18.2 Å². The number of rotatable bonds is 1. The van der Waals surface area contributed by atoms with Gasteiger partial charge in [-0.2, -0.15) is 0 Å². The molecule has 0 amide bonds. The number of hydrogen-bond acceptors (Lipinski definition) is 2. The normalized spacial score (nSPS) is 10.0. The molecule has 0 aliphatic carbocycles. The second kappa shape index (κ2) is 4.42. The van der Waals surface area contributed by atoms with E-state index in [9.17, 15) is 9.18 Å². The minimum atomic E-state index is -0.328. The van der Waals surface area contributed by atoms with Crippen LogP contribution in [0.1, 0.15) is 4.79 Å². The summed E-state index contributed by atoms with van der Waals surface area (Å²) in [5.41, 5.74) is 5.78. The van der Waals surface area contributed by atoms with E-state index >= 15 is 0 Å². The van der Waals surface area contributed by atoms with Crippen LogP contribution < -0.4 is 5.73 Å². The molecule has 0 atom stereocenters. The summed E-state index contributed by atoms with van der Waals surface area (Å²) in [6, 6.07) is 6.18. The minimum Gasteiger partial charge on any atom is -0.322 e. The number of aromatic nitrogens is 1. The Morgan fingerprint density at radius 3 is 2.80 bits per heavy atom. The summed E-state index contributed by atoms with van der Waals surface area (Å²) in [5.74, 6) is -0.573. The maximum atomic E-state index is 13.2. The summed E-state index contributed by atoms with van der Waals surface area (Å²) in [4.78, 5) is 11.3. The Morgan fingerprint density at radius 2 is 2.13 bits per heavy atom. The van der Waals surface area contributed by atoms with E-state index in [1.807, 2.05) is 0 Å². The Morgan fingerprint density at radius 1 is 1.40 bits per heavy atom. The molecule has 0 saturated carbocycles. The first-order valence-corrected chi connectivity index (χ1v) is 4.23. The quantitative estimate of drug-likeness (QED) is 0.809. The molecule has 2 rings (SSSR count). The molecule has 0 aliphatic rings. The maximum Gasteiger partial charge on any atom is 0.244 e. The van der Waals surface area contributed by atoms with Crippen LogP contribution in [0.25, 0.3) is 10.9 Å². The van der Waals surface area contributed by atoms with E-state index < -0.39 is 0 Å². The topological polar surface area (TPSA) is 48.0 Å². The van der Waals surface area contributed by atoms with Crippen molar-refractivity contribution in [1.82, 2.24) is 4.57 Å². The molecule has 0 fully saturated rings. The predicted molar refractivity (Wildman–Crippen MR) is 58.8 cm³/mol. The third-order valence-corrected chi connectivity index (χ3v) is 2.12. The van der Waals surface area contributed by atoms with E-state index in [1.54, 1.807) is 18.2 Å². The van der Waals surface area contributed by atoms with E-state index in [0.29, 0.717) is 10.9 Å². The first-order chi connectivity index (χ1) is 6.74. The number of nitrogens with two attached hydrogens (primary N) is 1. The van der Waals surface area contributed by atoms with Crippen LogP contribution in [0.5, 0.6) is 0 Å². The van der Waals surface area contributed by atoms with Gasteiger partial charge in [-0.1, -0.05) is 6.07 Å². The van der Waals surface area contributed by atoms with Crippen LogP contribution in [0.15, 0.2) is 30.5 Å². The fourth-order valence-corrected chi connectivity index (χ4v) is 1.45. The molecule has 15 heavy (non-hydrogen) atoms. The van der Waals surface area contributed by atoms with Crippen molar-refractivity contribution in [3.8, 4) is 0 Å². The molecule has 0 radical (unpaired) electrons. The Bertz CT molecular complexity index is 495. The molecule has 2 aromatic rings. The van der Waals surface area contributed by atoms with Gasteiger partial charge in [0.2, 0.25) is 5.91 Å². The summed E-state index contributed by atoms with van der Waals surface area (Å²) >= 11 is 0. The van der Waals surface area contributed by atoms with Crippen molar-refractivity contribution < 1.29 is 9.18 Å². The van der Waals surface area contributed by atoms with E-state index in [0.717, 1.165) is 0 Å². The van der Waals surface area contributed by atoms with Gasteiger partial charge in [0.05, 0.1) is 12.1 Å². The second-order valence-corrected chi connectivity index (χ2v) is 2.96. The van der Waals surface area contributed by atoms with Crippen molar-refractivity contribution in [3.05, 3.63) is 36.3 Å². The lowest BCUT2D eigenvalue weighted by molar-refractivity contribution is 0.0929. The standard InChI is InChI=1S/C10H9FN2O.ClH/c11-8-2-1-3-9-7(8)4-5-13(9)10(14)6-12;/h1-5H,6,12H2;1H. The first kappa shape index (κ1) is 11.7. The number of hydrogen-bond donors (Lipinski definition) is 1. The highest BCUT2D eigenvalue weighted by Crippen LogP contribution is 2.18. The number of fused-ring (bicyclic) bond motifs is 1. The van der Waals surface area contributed by atoms with Gasteiger partial charge >= 0.3 is 0 Å². The van der Waals surface area contributed by atoms with Crippen LogP contribution in [-0.4, -0.2) is 17.0 Å². The second-order valence-electron chi connectivity index (χ2n) is 2.96. The molecule has 1 aromatic heterocycles. The van der Waals surface area contributed by atoms with E-state index in [-0.39, 0.29) is 30.7 Å². The lowest BCUT2D eigenvalue weighted by Gasteiger charge is -2.00. The average molecular weight is 229 g/mol. The Hall–Kier alpha value is -1.39. The molecule has 0 spiro atoms. The van der Waals surface area contributed by atoms with Gasteiger partial charge in [0.25, 0.3) is 0 Å². The molecule has 5 heteroatoms. The molecule has 0 saturated heterocycles. The summed E-state index contributed by atoms with van der Waals surface area (Å²) in [6.07, 6.45) is 1.53. The van der Waals surface area contributed by atoms with Gasteiger partial charge in [0, 0.05) is 11.6 Å². The van der Waals surface area contributed by atoms with Crippen LogP contribution in [0.4, 0.5) is 4.39 Å². The zero-order valence-corrected chi connectivity index (χ0v) is 8.63.